The third-order valence-corrected chi connectivity index (χ3v) is 17.0. The molecule has 0 amide bonds. The van der Waals surface area contributed by atoms with E-state index in [1.807, 2.05) is 21.1 Å². The van der Waals surface area contributed by atoms with Crippen molar-refractivity contribution in [2.75, 3.05) is 47.5 Å². The van der Waals surface area contributed by atoms with Crippen LogP contribution in [0.15, 0.2) is 109 Å². The molecule has 0 spiro atoms. The van der Waals surface area contributed by atoms with Gasteiger partial charge in [-0.05, 0) is 103 Å². The molecule has 1 N–H and O–H groups in total. The third-order valence-electron chi connectivity index (χ3n) is 17.0. The molecule has 0 aliphatic heterocycles. The SMILES string of the molecule is CC/C=C\C/C=C\C/C=C\C/C=C\C/C=C\C/C=C\C/C=C\C/C=C\CCCCCCC(=O)OC(COC(=O)CCCCCCCCCCCCCCCCCCCCCCCCCCCCC/C=C\CCCCCCCCCC)COC(OCC[N+](C)(C)C)C(=O)O. The van der Waals surface area contributed by atoms with Crippen LogP contribution in [0, 0.1) is 0 Å². The van der Waals surface area contributed by atoms with Crippen LogP contribution in [0.5, 0.6) is 0 Å². The lowest BCUT2D eigenvalue weighted by atomic mass is 10.0. The van der Waals surface area contributed by atoms with E-state index < -0.39 is 24.3 Å². The van der Waals surface area contributed by atoms with E-state index in [0.29, 0.717) is 23.9 Å². The van der Waals surface area contributed by atoms with Crippen molar-refractivity contribution < 1.29 is 42.9 Å². The molecule has 0 aliphatic rings. The van der Waals surface area contributed by atoms with Crippen LogP contribution in [0.25, 0.3) is 0 Å². The Bertz CT molecular complexity index is 1900. The van der Waals surface area contributed by atoms with Crippen LogP contribution in [0.1, 0.15) is 348 Å². The fourth-order valence-electron chi connectivity index (χ4n) is 11.1. The molecule has 9 nitrogen and oxygen atoms in total. The molecule has 0 aromatic heterocycles. The average molecular weight is 1300 g/mol. The van der Waals surface area contributed by atoms with Gasteiger partial charge in [-0.1, -0.05) is 342 Å². The maximum Gasteiger partial charge on any atom is 0.361 e. The number of carboxylic acids is 1. The van der Waals surface area contributed by atoms with Crippen molar-refractivity contribution in [3.05, 3.63) is 109 Å². The number of allylic oxidation sites excluding steroid dienone is 18. The molecule has 0 heterocycles. The van der Waals surface area contributed by atoms with Crippen LogP contribution in [0.2, 0.25) is 0 Å². The molecular formula is C84H148NO8+. The van der Waals surface area contributed by atoms with E-state index in [0.717, 1.165) is 96.3 Å². The first-order valence-electron chi connectivity index (χ1n) is 39.1. The molecule has 93 heavy (non-hydrogen) atoms. The van der Waals surface area contributed by atoms with Gasteiger partial charge >= 0.3 is 17.9 Å². The van der Waals surface area contributed by atoms with Gasteiger partial charge in [0.25, 0.3) is 6.29 Å². The van der Waals surface area contributed by atoms with E-state index in [-0.39, 0.29) is 32.2 Å². The van der Waals surface area contributed by atoms with Crippen LogP contribution in [0.3, 0.4) is 0 Å². The molecule has 0 saturated heterocycles. The topological polar surface area (TPSA) is 108 Å². The summed E-state index contributed by atoms with van der Waals surface area (Å²) in [4.78, 5) is 37.7. The van der Waals surface area contributed by atoms with E-state index in [2.05, 4.69) is 123 Å². The maximum atomic E-state index is 13.0. The summed E-state index contributed by atoms with van der Waals surface area (Å²) in [6.07, 6.45) is 101. The molecular weight excluding hydrogens is 1150 g/mol. The lowest BCUT2D eigenvalue weighted by molar-refractivity contribution is -0.870. The number of carbonyl (C=O) groups is 3. The van der Waals surface area contributed by atoms with E-state index >= 15 is 0 Å². The summed E-state index contributed by atoms with van der Waals surface area (Å²) in [5.74, 6) is -2.03. The van der Waals surface area contributed by atoms with Crippen molar-refractivity contribution in [3.8, 4) is 0 Å². The van der Waals surface area contributed by atoms with E-state index in [1.165, 1.54) is 218 Å². The fourth-order valence-corrected chi connectivity index (χ4v) is 11.1. The molecule has 0 aromatic carbocycles. The van der Waals surface area contributed by atoms with Crippen molar-refractivity contribution in [1.82, 2.24) is 0 Å². The van der Waals surface area contributed by atoms with Crippen LogP contribution < -0.4 is 0 Å². The molecule has 0 aliphatic carbocycles. The minimum absolute atomic E-state index is 0.178. The molecule has 0 bridgehead atoms. The normalized spacial score (nSPS) is 13.3. The zero-order valence-electron chi connectivity index (χ0n) is 61.4. The van der Waals surface area contributed by atoms with Crippen molar-refractivity contribution in [3.63, 3.8) is 0 Å². The van der Waals surface area contributed by atoms with Gasteiger partial charge in [-0.2, -0.15) is 0 Å². The summed E-state index contributed by atoms with van der Waals surface area (Å²) in [6, 6.07) is 0. The Morgan fingerprint density at radius 2 is 0.613 bits per heavy atom. The molecule has 0 aromatic rings. The number of hydrogen-bond acceptors (Lipinski definition) is 7. The molecule has 0 rings (SSSR count). The van der Waals surface area contributed by atoms with Gasteiger partial charge in [0.2, 0.25) is 0 Å². The summed E-state index contributed by atoms with van der Waals surface area (Å²) < 4.78 is 23.0. The highest BCUT2D eigenvalue weighted by Gasteiger charge is 2.25. The zero-order chi connectivity index (χ0) is 67.5. The summed E-state index contributed by atoms with van der Waals surface area (Å²) in [5, 5.41) is 9.76. The van der Waals surface area contributed by atoms with Gasteiger partial charge in [0.1, 0.15) is 13.2 Å². The van der Waals surface area contributed by atoms with Crippen molar-refractivity contribution in [2.24, 2.45) is 0 Å². The number of rotatable bonds is 72. The van der Waals surface area contributed by atoms with Crippen molar-refractivity contribution in [2.45, 2.75) is 360 Å². The first-order valence-corrected chi connectivity index (χ1v) is 39.1. The molecule has 2 unspecified atom stereocenters. The highest BCUT2D eigenvalue weighted by atomic mass is 16.7. The van der Waals surface area contributed by atoms with E-state index in [1.54, 1.807) is 0 Å². The smallest absolute Gasteiger partial charge is 0.361 e. The number of carboxylic acid groups (broad SMARTS) is 1. The van der Waals surface area contributed by atoms with Crippen LogP contribution in [0.4, 0.5) is 0 Å². The second kappa shape index (κ2) is 73.8. The zero-order valence-corrected chi connectivity index (χ0v) is 61.4. The molecule has 0 radical (unpaired) electrons. The van der Waals surface area contributed by atoms with Gasteiger partial charge < -0.3 is 28.5 Å². The minimum Gasteiger partial charge on any atom is -0.477 e. The number of esters is 2. The first-order chi connectivity index (χ1) is 45.6. The Morgan fingerprint density at radius 1 is 0.333 bits per heavy atom. The highest BCUT2D eigenvalue weighted by Crippen LogP contribution is 2.18. The number of nitrogens with zero attached hydrogens (tertiary/aromatic N) is 1. The Kier molecular flexibility index (Phi) is 70.5. The summed E-state index contributed by atoms with van der Waals surface area (Å²) in [5.41, 5.74) is 0. The van der Waals surface area contributed by atoms with E-state index in [9.17, 15) is 19.5 Å². The summed E-state index contributed by atoms with van der Waals surface area (Å²) in [7, 11) is 5.97. The number of aliphatic carboxylic acids is 1. The van der Waals surface area contributed by atoms with Crippen molar-refractivity contribution in [1.29, 1.82) is 0 Å². The predicted octanol–water partition coefficient (Wildman–Crippen LogP) is 24.9. The Balaban J connectivity index is 4.05. The van der Waals surface area contributed by atoms with Crippen LogP contribution in [-0.4, -0.2) is 87.4 Å². The number of hydrogen-bond donors (Lipinski definition) is 1. The Morgan fingerprint density at radius 3 is 0.925 bits per heavy atom. The molecule has 2 atom stereocenters. The monoisotopic (exact) mass is 1300 g/mol. The van der Waals surface area contributed by atoms with Gasteiger partial charge in [0.15, 0.2) is 6.10 Å². The summed E-state index contributed by atoms with van der Waals surface area (Å²) >= 11 is 0. The second-order valence-electron chi connectivity index (χ2n) is 27.3. The molecule has 0 saturated carbocycles. The Hall–Kier alpha value is -4.05. The highest BCUT2D eigenvalue weighted by molar-refractivity contribution is 5.71. The minimum atomic E-state index is -1.52. The van der Waals surface area contributed by atoms with Gasteiger partial charge in [-0.15, -0.1) is 0 Å². The lowest BCUT2D eigenvalue weighted by Gasteiger charge is -2.25. The van der Waals surface area contributed by atoms with E-state index in [4.69, 9.17) is 18.9 Å². The third kappa shape index (κ3) is 75.2. The molecule has 536 valence electrons. The fraction of sp³-hybridized carbons (Fsp3) is 0.750. The number of ether oxygens (including phenoxy) is 4. The Labute approximate surface area is 575 Å². The molecule has 9 heteroatoms. The standard InChI is InChI=1S/C84H147NO8/c1-6-8-10-12-14-16-18-20-22-24-26-28-30-32-34-36-37-38-39-40-41-42-43-44-45-47-48-50-52-54-56-58-60-62-64-66-68-70-72-74-81(86)91-78-80(79-92-84(83(88)89)90-77-76-85(3,4)5)93-82(87)75-73-71-69-67-65-63-61-59-57-55-53-51-49-46-35-33-31-29-27-25-23-21-19-17-15-13-11-9-7-2/h9,11,15,17,21,23-24,26-27,29,33,35,49,51,55,57,61,63,80,84H,6-8,10,12-14,16,18-20,22,25,28,30-32,34,36-48,50,52-54,56,58-60,62,64-79H2,1-5H3/p+1/b11-9-,17-15-,23-21-,26-24-,29-27-,35-33-,51-49-,57-55-,63-61-. The number of likely N-dealkylation sites (N-methyl/N-ethyl adjacent to an activating group) is 1. The second-order valence-corrected chi connectivity index (χ2v) is 27.3. The number of unbranched alkanes of at least 4 members (excludes halogenated alkanes) is 39. The van der Waals surface area contributed by atoms with Crippen LogP contribution in [-0.2, 0) is 33.3 Å². The predicted molar refractivity (Wildman–Crippen MR) is 401 cm³/mol. The number of carbonyl (C=O) groups excluding carboxylic acids is 2. The maximum absolute atomic E-state index is 13.0. The quantitative estimate of drug-likeness (QED) is 0.0211. The summed E-state index contributed by atoms with van der Waals surface area (Å²) in [6.45, 7) is 4.76. The van der Waals surface area contributed by atoms with Crippen molar-refractivity contribution >= 4 is 17.9 Å². The van der Waals surface area contributed by atoms with Gasteiger partial charge in [0.05, 0.1) is 34.4 Å². The van der Waals surface area contributed by atoms with Gasteiger partial charge in [0, 0.05) is 12.8 Å². The number of quaternary nitrogens is 1. The van der Waals surface area contributed by atoms with Gasteiger partial charge in [-0.3, -0.25) is 9.59 Å². The molecule has 0 fully saturated rings. The van der Waals surface area contributed by atoms with Gasteiger partial charge in [-0.25, -0.2) is 4.79 Å². The van der Waals surface area contributed by atoms with Crippen LogP contribution >= 0.6 is 0 Å². The first kappa shape index (κ1) is 89.0. The largest absolute Gasteiger partial charge is 0.477 e. The average Bonchev–Trinajstić information content (AvgIpc) is 3.74. The lowest BCUT2D eigenvalue weighted by Crippen LogP contribution is -2.40.